The molecule has 0 bridgehead atoms. The van der Waals surface area contributed by atoms with Crippen molar-refractivity contribution >= 4 is 27.9 Å². The van der Waals surface area contributed by atoms with Crippen molar-refractivity contribution in [1.29, 1.82) is 0 Å². The molecule has 1 amide bonds. The number of methoxy groups -OCH3 is 2. The lowest BCUT2D eigenvalue weighted by atomic mass is 10.1. The standard InChI is InChI=1S/C24H23N3O4S/c1-5-15-8-6-7-14(2)21(15)26-22(28)18-12-25-24-27(23(18)29)19(13-32-24)17-11-16(30-3)9-10-20(17)31-4/h6-13H,5H2,1-4H3,(H,26,28). The van der Waals surface area contributed by atoms with Gasteiger partial charge in [-0.2, -0.15) is 0 Å². The maximum Gasteiger partial charge on any atom is 0.271 e. The molecule has 0 fully saturated rings. The van der Waals surface area contributed by atoms with Crippen molar-refractivity contribution in [1.82, 2.24) is 9.38 Å². The Labute approximate surface area is 189 Å². The number of hydrogen-bond acceptors (Lipinski definition) is 6. The zero-order valence-corrected chi connectivity index (χ0v) is 19.1. The Bertz CT molecular complexity index is 1370. The number of carbonyl (C=O) groups excluding carboxylic acids is 1. The van der Waals surface area contributed by atoms with E-state index in [2.05, 4.69) is 10.3 Å². The van der Waals surface area contributed by atoms with Gasteiger partial charge in [0.25, 0.3) is 11.5 Å². The molecule has 0 aliphatic heterocycles. The van der Waals surface area contributed by atoms with E-state index < -0.39 is 11.5 Å². The molecule has 0 spiro atoms. The fourth-order valence-corrected chi connectivity index (χ4v) is 4.48. The van der Waals surface area contributed by atoms with E-state index in [-0.39, 0.29) is 5.56 Å². The van der Waals surface area contributed by atoms with E-state index in [1.165, 1.54) is 21.9 Å². The molecule has 2 aromatic heterocycles. The molecule has 0 saturated heterocycles. The predicted octanol–water partition coefficient (Wildman–Crippen LogP) is 4.56. The Morgan fingerprint density at radius 3 is 2.72 bits per heavy atom. The Kier molecular flexibility index (Phi) is 5.96. The van der Waals surface area contributed by atoms with E-state index in [0.29, 0.717) is 27.7 Å². The van der Waals surface area contributed by atoms with Gasteiger partial charge in [-0.15, -0.1) is 11.3 Å². The van der Waals surface area contributed by atoms with Crippen LogP contribution in [-0.2, 0) is 6.42 Å². The van der Waals surface area contributed by atoms with Gasteiger partial charge in [0.15, 0.2) is 4.96 Å². The second-order valence-corrected chi connectivity index (χ2v) is 8.04. The zero-order chi connectivity index (χ0) is 22.8. The summed E-state index contributed by atoms with van der Waals surface area (Å²) >= 11 is 1.31. The number of amides is 1. The van der Waals surface area contributed by atoms with Crippen LogP contribution in [0.5, 0.6) is 11.5 Å². The molecule has 0 unspecified atom stereocenters. The van der Waals surface area contributed by atoms with Crippen molar-refractivity contribution in [3.8, 4) is 22.8 Å². The molecule has 0 aliphatic carbocycles. The number of carbonyl (C=O) groups is 1. The van der Waals surface area contributed by atoms with E-state index in [4.69, 9.17) is 9.47 Å². The molecule has 32 heavy (non-hydrogen) atoms. The maximum atomic E-state index is 13.4. The summed E-state index contributed by atoms with van der Waals surface area (Å²) in [6.07, 6.45) is 2.10. The van der Waals surface area contributed by atoms with Crippen LogP contribution in [0.15, 0.2) is 52.8 Å². The van der Waals surface area contributed by atoms with Gasteiger partial charge in [0.2, 0.25) is 0 Å². The van der Waals surface area contributed by atoms with Crippen LogP contribution in [0, 0.1) is 6.92 Å². The minimum Gasteiger partial charge on any atom is -0.497 e. The van der Waals surface area contributed by atoms with E-state index in [1.807, 2.05) is 37.4 Å². The number of benzene rings is 2. The Morgan fingerprint density at radius 2 is 2.00 bits per heavy atom. The first-order valence-electron chi connectivity index (χ1n) is 10.1. The highest BCUT2D eigenvalue weighted by Gasteiger charge is 2.20. The smallest absolute Gasteiger partial charge is 0.271 e. The van der Waals surface area contributed by atoms with Gasteiger partial charge >= 0.3 is 0 Å². The third-order valence-corrected chi connectivity index (χ3v) is 6.19. The first-order chi connectivity index (χ1) is 15.5. The molecule has 0 saturated carbocycles. The third kappa shape index (κ3) is 3.73. The molecule has 1 N–H and O–H groups in total. The van der Waals surface area contributed by atoms with Crippen molar-refractivity contribution < 1.29 is 14.3 Å². The number of nitrogens with zero attached hydrogens (tertiary/aromatic N) is 2. The van der Waals surface area contributed by atoms with Crippen molar-refractivity contribution in [3.63, 3.8) is 0 Å². The summed E-state index contributed by atoms with van der Waals surface area (Å²) in [6.45, 7) is 3.95. The molecule has 164 valence electrons. The largest absolute Gasteiger partial charge is 0.497 e. The van der Waals surface area contributed by atoms with Crippen LogP contribution in [0.1, 0.15) is 28.4 Å². The van der Waals surface area contributed by atoms with Crippen LogP contribution in [-0.4, -0.2) is 29.5 Å². The minimum absolute atomic E-state index is 0.0330. The summed E-state index contributed by atoms with van der Waals surface area (Å²) < 4.78 is 12.3. The average Bonchev–Trinajstić information content (AvgIpc) is 3.25. The molecule has 4 rings (SSSR count). The lowest BCUT2D eigenvalue weighted by Crippen LogP contribution is -2.27. The number of nitrogens with one attached hydrogen (secondary N) is 1. The lowest BCUT2D eigenvalue weighted by Gasteiger charge is -2.13. The lowest BCUT2D eigenvalue weighted by molar-refractivity contribution is 0.102. The number of fused-ring (bicyclic) bond motifs is 1. The predicted molar refractivity (Wildman–Crippen MR) is 126 cm³/mol. The number of aromatic nitrogens is 2. The van der Waals surface area contributed by atoms with Crippen molar-refractivity contribution in [2.75, 3.05) is 19.5 Å². The van der Waals surface area contributed by atoms with E-state index in [0.717, 1.165) is 23.2 Å². The molecule has 0 radical (unpaired) electrons. The number of anilines is 1. The summed E-state index contributed by atoms with van der Waals surface area (Å²) in [4.78, 5) is 31.3. The second-order valence-electron chi connectivity index (χ2n) is 7.20. The van der Waals surface area contributed by atoms with Crippen LogP contribution in [0.2, 0.25) is 0 Å². The summed E-state index contributed by atoms with van der Waals surface area (Å²) in [5.74, 6) is 0.720. The highest BCUT2D eigenvalue weighted by molar-refractivity contribution is 7.15. The summed E-state index contributed by atoms with van der Waals surface area (Å²) in [5.41, 5.74) is 3.44. The third-order valence-electron chi connectivity index (χ3n) is 5.35. The van der Waals surface area contributed by atoms with Crippen molar-refractivity contribution in [3.05, 3.63) is 75.0 Å². The fourth-order valence-electron chi connectivity index (χ4n) is 3.63. The molecule has 2 heterocycles. The molecular formula is C24H23N3O4S. The number of thiazole rings is 1. The van der Waals surface area contributed by atoms with Crippen LogP contribution >= 0.6 is 11.3 Å². The molecule has 2 aromatic carbocycles. The van der Waals surface area contributed by atoms with Crippen LogP contribution in [0.25, 0.3) is 16.2 Å². The monoisotopic (exact) mass is 449 g/mol. The minimum atomic E-state index is -0.490. The van der Waals surface area contributed by atoms with Crippen molar-refractivity contribution in [2.45, 2.75) is 20.3 Å². The molecule has 7 nitrogen and oxygen atoms in total. The van der Waals surface area contributed by atoms with Crippen LogP contribution < -0.4 is 20.3 Å². The second kappa shape index (κ2) is 8.84. The Morgan fingerprint density at radius 1 is 1.19 bits per heavy atom. The normalized spacial score (nSPS) is 10.9. The summed E-state index contributed by atoms with van der Waals surface area (Å²) in [5, 5.41) is 4.73. The highest BCUT2D eigenvalue weighted by Crippen LogP contribution is 2.35. The number of aryl methyl sites for hydroxylation is 2. The fraction of sp³-hybridized carbons (Fsp3) is 0.208. The van der Waals surface area contributed by atoms with Gasteiger partial charge in [0.1, 0.15) is 17.1 Å². The van der Waals surface area contributed by atoms with E-state index in [1.54, 1.807) is 32.4 Å². The van der Waals surface area contributed by atoms with E-state index >= 15 is 0 Å². The van der Waals surface area contributed by atoms with Gasteiger partial charge < -0.3 is 14.8 Å². The molecule has 0 atom stereocenters. The Balaban J connectivity index is 1.83. The first-order valence-corrected chi connectivity index (χ1v) is 11.0. The van der Waals surface area contributed by atoms with Gasteiger partial charge in [-0.1, -0.05) is 25.1 Å². The van der Waals surface area contributed by atoms with Crippen LogP contribution in [0.4, 0.5) is 5.69 Å². The molecular weight excluding hydrogens is 426 g/mol. The summed E-state index contributed by atoms with van der Waals surface area (Å²) in [6, 6.07) is 11.2. The van der Waals surface area contributed by atoms with Gasteiger partial charge in [-0.05, 0) is 42.7 Å². The highest BCUT2D eigenvalue weighted by atomic mass is 32.1. The van der Waals surface area contributed by atoms with Crippen molar-refractivity contribution in [2.24, 2.45) is 0 Å². The number of hydrogen-bond donors (Lipinski definition) is 1. The molecule has 8 heteroatoms. The zero-order valence-electron chi connectivity index (χ0n) is 18.3. The first kappa shape index (κ1) is 21.6. The topological polar surface area (TPSA) is 81.9 Å². The number of para-hydroxylation sites is 1. The average molecular weight is 450 g/mol. The number of rotatable bonds is 6. The molecule has 0 aliphatic rings. The van der Waals surface area contributed by atoms with Gasteiger partial charge in [0, 0.05) is 22.8 Å². The van der Waals surface area contributed by atoms with Crippen LogP contribution in [0.3, 0.4) is 0 Å². The maximum absolute atomic E-state index is 13.4. The Hall–Kier alpha value is -3.65. The van der Waals surface area contributed by atoms with Gasteiger partial charge in [-0.3, -0.25) is 14.0 Å². The summed E-state index contributed by atoms with van der Waals surface area (Å²) in [7, 11) is 3.14. The quantitative estimate of drug-likeness (QED) is 0.467. The van der Waals surface area contributed by atoms with Gasteiger partial charge in [-0.25, -0.2) is 4.98 Å². The number of ether oxygens (including phenoxy) is 2. The SMILES string of the molecule is CCc1cccc(C)c1NC(=O)c1cnc2scc(-c3cc(OC)ccc3OC)n2c1=O. The van der Waals surface area contributed by atoms with E-state index in [9.17, 15) is 9.59 Å². The van der Waals surface area contributed by atoms with Gasteiger partial charge in [0.05, 0.1) is 19.9 Å². The molecule has 4 aromatic rings.